The van der Waals surface area contributed by atoms with Crippen molar-refractivity contribution in [2.75, 3.05) is 26.2 Å². The Morgan fingerprint density at radius 1 is 1.50 bits per heavy atom. The second kappa shape index (κ2) is 6.96. The van der Waals surface area contributed by atoms with Crippen LogP contribution in [0.5, 0.6) is 0 Å². The summed E-state index contributed by atoms with van der Waals surface area (Å²) in [5.41, 5.74) is 0. The Morgan fingerprint density at radius 2 is 2.33 bits per heavy atom. The number of nitrogens with zero attached hydrogens (tertiary/aromatic N) is 1. The third kappa shape index (κ3) is 3.74. The Labute approximate surface area is 112 Å². The molecule has 0 saturated carbocycles. The van der Waals surface area contributed by atoms with E-state index >= 15 is 0 Å². The average molecular weight is 274 g/mol. The molecule has 106 valence electrons. The topological polar surface area (TPSA) is 67.4 Å². The van der Waals surface area contributed by atoms with E-state index < -0.39 is 11.3 Å². The minimum Gasteiger partial charge on any atom is -0.760 e. The summed E-state index contributed by atoms with van der Waals surface area (Å²) in [7, 11) is 0. The zero-order valence-electron chi connectivity index (χ0n) is 11.1. The molecule has 4 atom stereocenters. The van der Waals surface area contributed by atoms with E-state index in [1.807, 2.05) is 0 Å². The first-order valence-electron chi connectivity index (χ1n) is 6.97. The van der Waals surface area contributed by atoms with Gasteiger partial charge in [-0.15, -0.1) is 0 Å². The van der Waals surface area contributed by atoms with Gasteiger partial charge in [0.1, 0.15) is 0 Å². The SMILES string of the molecule is CC1CNCCC1N1CCC[C@H]1CCNS(=O)[O-]. The zero-order valence-corrected chi connectivity index (χ0v) is 11.9. The van der Waals surface area contributed by atoms with Crippen molar-refractivity contribution in [1.29, 1.82) is 0 Å². The summed E-state index contributed by atoms with van der Waals surface area (Å²) in [6, 6.07) is 1.24. The summed E-state index contributed by atoms with van der Waals surface area (Å²) in [6.07, 6.45) is 4.62. The Hall–Kier alpha value is -0.0100. The molecule has 2 N–H and O–H groups in total. The highest BCUT2D eigenvalue weighted by atomic mass is 32.2. The summed E-state index contributed by atoms with van der Waals surface area (Å²) >= 11 is -2.12. The number of rotatable bonds is 5. The van der Waals surface area contributed by atoms with Crippen LogP contribution in [0.4, 0.5) is 0 Å². The molecule has 3 unspecified atom stereocenters. The third-order valence-electron chi connectivity index (χ3n) is 4.29. The Morgan fingerprint density at radius 3 is 3.06 bits per heavy atom. The molecule has 2 rings (SSSR count). The van der Waals surface area contributed by atoms with Crippen LogP contribution in [0, 0.1) is 5.92 Å². The van der Waals surface area contributed by atoms with Gasteiger partial charge in [-0.3, -0.25) is 9.11 Å². The minimum absolute atomic E-state index is 0.562. The molecule has 0 radical (unpaired) electrons. The molecular weight excluding hydrogens is 250 g/mol. The fourth-order valence-corrected chi connectivity index (χ4v) is 3.69. The van der Waals surface area contributed by atoms with Gasteiger partial charge in [-0.2, -0.15) is 0 Å². The van der Waals surface area contributed by atoms with Gasteiger partial charge in [-0.05, 0) is 51.2 Å². The highest BCUT2D eigenvalue weighted by Crippen LogP contribution is 2.28. The van der Waals surface area contributed by atoms with E-state index in [-0.39, 0.29) is 0 Å². The van der Waals surface area contributed by atoms with Crippen LogP contribution >= 0.6 is 0 Å². The minimum atomic E-state index is -2.12. The zero-order chi connectivity index (χ0) is 13.0. The lowest BCUT2D eigenvalue weighted by atomic mass is 9.93. The van der Waals surface area contributed by atoms with Crippen molar-refractivity contribution in [2.24, 2.45) is 5.92 Å². The van der Waals surface area contributed by atoms with Crippen LogP contribution in [0.2, 0.25) is 0 Å². The largest absolute Gasteiger partial charge is 0.760 e. The molecule has 2 saturated heterocycles. The maximum atomic E-state index is 10.5. The molecule has 0 aromatic heterocycles. The summed E-state index contributed by atoms with van der Waals surface area (Å²) in [5, 5.41) is 3.44. The molecule has 2 aliphatic heterocycles. The van der Waals surface area contributed by atoms with Crippen molar-refractivity contribution in [2.45, 2.75) is 44.7 Å². The highest BCUT2D eigenvalue weighted by molar-refractivity contribution is 7.77. The standard InChI is InChI=1S/C12H25N3O2S/c1-10-9-13-6-5-12(10)15-8-2-3-11(15)4-7-14-18(16)17/h10-14H,2-9H2,1H3,(H,16,17)/p-1/t10?,11-,12?/m0/s1. The number of piperidine rings is 1. The Kier molecular flexibility index (Phi) is 5.56. The predicted octanol–water partition coefficient (Wildman–Crippen LogP) is 0.223. The molecule has 2 heterocycles. The average Bonchev–Trinajstić information content (AvgIpc) is 2.77. The van der Waals surface area contributed by atoms with Crippen LogP contribution in [-0.4, -0.2) is 51.9 Å². The summed E-state index contributed by atoms with van der Waals surface area (Å²) in [4.78, 5) is 2.63. The second-order valence-corrected chi connectivity index (χ2v) is 6.25. The van der Waals surface area contributed by atoms with Crippen molar-refractivity contribution >= 4 is 11.3 Å². The molecule has 2 fully saturated rings. The first kappa shape index (κ1) is 14.4. The van der Waals surface area contributed by atoms with E-state index in [9.17, 15) is 8.76 Å². The molecule has 2 aliphatic rings. The van der Waals surface area contributed by atoms with Crippen LogP contribution in [0.25, 0.3) is 0 Å². The summed E-state index contributed by atoms with van der Waals surface area (Å²) in [5.74, 6) is 0.695. The van der Waals surface area contributed by atoms with E-state index in [0.29, 0.717) is 24.5 Å². The smallest absolute Gasteiger partial charge is 0.0181 e. The number of hydrogen-bond acceptors (Lipinski definition) is 4. The third-order valence-corrected chi connectivity index (χ3v) is 4.73. The first-order valence-corrected chi connectivity index (χ1v) is 8.05. The van der Waals surface area contributed by atoms with Crippen LogP contribution in [0.1, 0.15) is 32.6 Å². The van der Waals surface area contributed by atoms with E-state index in [4.69, 9.17) is 0 Å². The van der Waals surface area contributed by atoms with E-state index in [0.717, 1.165) is 19.5 Å². The molecule has 0 spiro atoms. The molecule has 0 bridgehead atoms. The van der Waals surface area contributed by atoms with Crippen LogP contribution < -0.4 is 10.0 Å². The maximum Gasteiger partial charge on any atom is 0.0181 e. The van der Waals surface area contributed by atoms with Crippen LogP contribution in [0.15, 0.2) is 0 Å². The Bertz CT molecular complexity index is 290. The lowest BCUT2D eigenvalue weighted by Gasteiger charge is -2.40. The van der Waals surface area contributed by atoms with Gasteiger partial charge in [0.05, 0.1) is 0 Å². The monoisotopic (exact) mass is 274 g/mol. The number of hydrogen-bond donors (Lipinski definition) is 2. The van der Waals surface area contributed by atoms with Gasteiger partial charge in [-0.1, -0.05) is 6.92 Å². The lowest BCUT2D eigenvalue weighted by molar-refractivity contribution is 0.104. The highest BCUT2D eigenvalue weighted by Gasteiger charge is 2.34. The van der Waals surface area contributed by atoms with E-state index in [2.05, 4.69) is 21.9 Å². The second-order valence-electron chi connectivity index (χ2n) is 5.49. The fourth-order valence-electron chi connectivity index (χ4n) is 3.41. The van der Waals surface area contributed by atoms with Gasteiger partial charge >= 0.3 is 0 Å². The van der Waals surface area contributed by atoms with Gasteiger partial charge in [0.2, 0.25) is 0 Å². The molecule has 5 nitrogen and oxygen atoms in total. The summed E-state index contributed by atoms with van der Waals surface area (Å²) in [6.45, 7) is 6.28. The lowest BCUT2D eigenvalue weighted by Crippen LogP contribution is -2.50. The molecule has 0 aromatic rings. The molecule has 0 amide bonds. The van der Waals surface area contributed by atoms with Gasteiger partial charge < -0.3 is 9.87 Å². The van der Waals surface area contributed by atoms with Crippen molar-refractivity contribution in [3.63, 3.8) is 0 Å². The molecular formula is C12H24N3O2S-. The molecule has 0 aromatic carbocycles. The van der Waals surface area contributed by atoms with E-state index in [1.165, 1.54) is 25.8 Å². The Balaban J connectivity index is 1.84. The van der Waals surface area contributed by atoms with E-state index in [1.54, 1.807) is 0 Å². The van der Waals surface area contributed by atoms with Gasteiger partial charge in [0.15, 0.2) is 0 Å². The summed E-state index contributed by atoms with van der Waals surface area (Å²) < 4.78 is 23.4. The molecule has 18 heavy (non-hydrogen) atoms. The van der Waals surface area contributed by atoms with Gasteiger partial charge in [0, 0.05) is 29.9 Å². The van der Waals surface area contributed by atoms with Crippen molar-refractivity contribution in [3.8, 4) is 0 Å². The fraction of sp³-hybridized carbons (Fsp3) is 1.00. The quantitative estimate of drug-likeness (QED) is 0.704. The van der Waals surface area contributed by atoms with Gasteiger partial charge in [0.25, 0.3) is 0 Å². The normalized spacial score (nSPS) is 35.8. The molecule has 0 aliphatic carbocycles. The number of likely N-dealkylation sites (tertiary alicyclic amines) is 1. The van der Waals surface area contributed by atoms with Gasteiger partial charge in [-0.25, -0.2) is 4.72 Å². The number of nitrogens with one attached hydrogen (secondary N) is 2. The van der Waals surface area contributed by atoms with Crippen molar-refractivity contribution in [1.82, 2.24) is 14.9 Å². The van der Waals surface area contributed by atoms with Crippen LogP contribution in [-0.2, 0) is 11.3 Å². The predicted molar refractivity (Wildman–Crippen MR) is 71.7 cm³/mol. The van der Waals surface area contributed by atoms with Crippen LogP contribution in [0.3, 0.4) is 0 Å². The maximum absolute atomic E-state index is 10.5. The van der Waals surface area contributed by atoms with Crippen molar-refractivity contribution in [3.05, 3.63) is 0 Å². The first-order chi connectivity index (χ1) is 8.68. The molecule has 6 heteroatoms. The van der Waals surface area contributed by atoms with Crippen molar-refractivity contribution < 1.29 is 8.76 Å².